The second-order valence-electron chi connectivity index (χ2n) is 4.52. The van der Waals surface area contributed by atoms with Crippen molar-refractivity contribution >= 4 is 5.57 Å². The van der Waals surface area contributed by atoms with Gasteiger partial charge in [0.15, 0.2) is 0 Å². The molecule has 1 aliphatic rings. The van der Waals surface area contributed by atoms with Crippen LogP contribution in [0.25, 0.3) is 5.57 Å². The SMILES string of the molecule is CC.CCN1CCC=C(c2ccccc2C)CC1.CN. The Hall–Kier alpha value is -1.12. The molecule has 0 bridgehead atoms. The van der Waals surface area contributed by atoms with Crippen LogP contribution in [-0.2, 0) is 0 Å². The summed E-state index contributed by atoms with van der Waals surface area (Å²) >= 11 is 0. The first kappa shape index (κ1) is 18.9. The minimum atomic E-state index is 1.18. The first-order chi connectivity index (χ1) is 9.81. The van der Waals surface area contributed by atoms with Crippen molar-refractivity contribution in [2.24, 2.45) is 5.73 Å². The van der Waals surface area contributed by atoms with Crippen LogP contribution in [0, 0.1) is 6.92 Å². The number of aryl methyl sites for hydroxylation is 1. The molecular weight excluding hydrogens is 244 g/mol. The molecule has 0 spiro atoms. The lowest BCUT2D eigenvalue weighted by Crippen LogP contribution is -2.24. The highest BCUT2D eigenvalue weighted by Gasteiger charge is 2.10. The molecule has 0 radical (unpaired) electrons. The van der Waals surface area contributed by atoms with E-state index in [1.807, 2.05) is 13.8 Å². The lowest BCUT2D eigenvalue weighted by atomic mass is 9.98. The Labute approximate surface area is 125 Å². The quantitative estimate of drug-likeness (QED) is 0.881. The smallest absolute Gasteiger partial charge is 0.00219 e. The molecule has 0 aromatic heterocycles. The van der Waals surface area contributed by atoms with Crippen molar-refractivity contribution in [1.82, 2.24) is 4.90 Å². The number of benzene rings is 1. The summed E-state index contributed by atoms with van der Waals surface area (Å²) in [6.45, 7) is 12.1. The number of nitrogens with two attached hydrogens (primary N) is 1. The standard InChI is InChI=1S/C15H21N.C2H6.CH5N/c1-3-16-11-6-8-14(10-12-16)15-9-5-4-7-13(15)2;2*1-2/h4-5,7-9H,3,6,10-12H2,1-2H3;1-2H3;2H2,1H3. The van der Waals surface area contributed by atoms with E-state index in [2.05, 4.69) is 54.8 Å². The third-order valence-electron chi connectivity index (χ3n) is 3.47. The van der Waals surface area contributed by atoms with Crippen LogP contribution >= 0.6 is 0 Å². The van der Waals surface area contributed by atoms with E-state index >= 15 is 0 Å². The van der Waals surface area contributed by atoms with Gasteiger partial charge >= 0.3 is 0 Å². The zero-order valence-corrected chi connectivity index (χ0v) is 13.9. The normalized spacial score (nSPS) is 15.0. The molecule has 1 aromatic carbocycles. The van der Waals surface area contributed by atoms with Crippen molar-refractivity contribution in [2.45, 2.75) is 40.5 Å². The fraction of sp³-hybridized carbons (Fsp3) is 0.556. The summed E-state index contributed by atoms with van der Waals surface area (Å²) in [4.78, 5) is 2.53. The summed E-state index contributed by atoms with van der Waals surface area (Å²) in [6, 6.07) is 8.72. The van der Waals surface area contributed by atoms with E-state index in [0.29, 0.717) is 0 Å². The molecule has 1 heterocycles. The highest BCUT2D eigenvalue weighted by Crippen LogP contribution is 2.24. The molecule has 0 amide bonds. The first-order valence-corrected chi connectivity index (χ1v) is 7.86. The third kappa shape index (κ3) is 5.89. The summed E-state index contributed by atoms with van der Waals surface area (Å²) in [5, 5.41) is 0. The summed E-state index contributed by atoms with van der Waals surface area (Å²) in [5.74, 6) is 0. The Morgan fingerprint density at radius 1 is 1.10 bits per heavy atom. The van der Waals surface area contributed by atoms with Crippen LogP contribution in [0.3, 0.4) is 0 Å². The third-order valence-corrected chi connectivity index (χ3v) is 3.47. The Morgan fingerprint density at radius 2 is 1.75 bits per heavy atom. The lowest BCUT2D eigenvalue weighted by molar-refractivity contribution is 0.306. The molecule has 0 saturated carbocycles. The van der Waals surface area contributed by atoms with Crippen LogP contribution in [-0.4, -0.2) is 31.6 Å². The van der Waals surface area contributed by atoms with Gasteiger partial charge in [0.1, 0.15) is 0 Å². The molecule has 0 aliphatic carbocycles. The second kappa shape index (κ2) is 11.7. The van der Waals surface area contributed by atoms with E-state index in [1.54, 1.807) is 0 Å². The Morgan fingerprint density at radius 3 is 2.35 bits per heavy atom. The van der Waals surface area contributed by atoms with Crippen molar-refractivity contribution in [3.05, 3.63) is 41.5 Å². The number of hydrogen-bond donors (Lipinski definition) is 1. The summed E-state index contributed by atoms with van der Waals surface area (Å²) in [7, 11) is 1.50. The topological polar surface area (TPSA) is 29.3 Å². The van der Waals surface area contributed by atoms with E-state index in [9.17, 15) is 0 Å². The minimum Gasteiger partial charge on any atom is -0.333 e. The van der Waals surface area contributed by atoms with Crippen LogP contribution in [0.5, 0.6) is 0 Å². The molecule has 0 unspecified atom stereocenters. The van der Waals surface area contributed by atoms with Gasteiger partial charge in [-0.15, -0.1) is 0 Å². The van der Waals surface area contributed by atoms with E-state index in [-0.39, 0.29) is 0 Å². The predicted molar refractivity (Wildman–Crippen MR) is 92.0 cm³/mol. The van der Waals surface area contributed by atoms with Crippen LogP contribution < -0.4 is 5.73 Å². The van der Waals surface area contributed by atoms with Gasteiger partial charge in [0, 0.05) is 13.1 Å². The maximum Gasteiger partial charge on any atom is 0.00219 e. The Balaban J connectivity index is 0.000000829. The molecular formula is C18H32N2. The molecule has 2 rings (SSSR count). The molecule has 20 heavy (non-hydrogen) atoms. The number of hydrogen-bond acceptors (Lipinski definition) is 2. The molecule has 0 atom stereocenters. The average molecular weight is 276 g/mol. The van der Waals surface area contributed by atoms with Gasteiger partial charge in [0.2, 0.25) is 0 Å². The van der Waals surface area contributed by atoms with Crippen LogP contribution in [0.2, 0.25) is 0 Å². The highest BCUT2D eigenvalue weighted by atomic mass is 15.1. The molecule has 0 fully saturated rings. The molecule has 2 heteroatoms. The summed E-state index contributed by atoms with van der Waals surface area (Å²) < 4.78 is 0. The minimum absolute atomic E-state index is 1.18. The summed E-state index contributed by atoms with van der Waals surface area (Å²) in [6.07, 6.45) is 4.81. The van der Waals surface area contributed by atoms with Gasteiger partial charge in [0.05, 0.1) is 0 Å². The largest absolute Gasteiger partial charge is 0.333 e. The molecule has 114 valence electrons. The molecule has 2 nitrogen and oxygen atoms in total. The number of rotatable bonds is 2. The lowest BCUT2D eigenvalue weighted by Gasteiger charge is -2.17. The Bertz CT molecular complexity index is 383. The van der Waals surface area contributed by atoms with E-state index in [4.69, 9.17) is 0 Å². The Kier molecular flexibility index (Phi) is 11.0. The fourth-order valence-electron chi connectivity index (χ4n) is 2.41. The summed E-state index contributed by atoms with van der Waals surface area (Å²) in [5.41, 5.74) is 8.88. The molecule has 1 aromatic rings. The van der Waals surface area contributed by atoms with Gasteiger partial charge in [-0.1, -0.05) is 51.1 Å². The monoisotopic (exact) mass is 276 g/mol. The average Bonchev–Trinajstić information content (AvgIpc) is 2.77. The van der Waals surface area contributed by atoms with Gasteiger partial charge in [0.25, 0.3) is 0 Å². The second-order valence-corrected chi connectivity index (χ2v) is 4.52. The predicted octanol–water partition coefficient (Wildman–Crippen LogP) is 4.10. The zero-order chi connectivity index (χ0) is 15.4. The van der Waals surface area contributed by atoms with E-state index in [1.165, 1.54) is 56.2 Å². The van der Waals surface area contributed by atoms with Crippen molar-refractivity contribution in [1.29, 1.82) is 0 Å². The van der Waals surface area contributed by atoms with E-state index < -0.39 is 0 Å². The zero-order valence-electron chi connectivity index (χ0n) is 13.9. The van der Waals surface area contributed by atoms with Crippen LogP contribution in [0.1, 0.15) is 44.7 Å². The van der Waals surface area contributed by atoms with Gasteiger partial charge in [-0.2, -0.15) is 0 Å². The van der Waals surface area contributed by atoms with Gasteiger partial charge in [-0.25, -0.2) is 0 Å². The fourth-order valence-corrected chi connectivity index (χ4v) is 2.41. The van der Waals surface area contributed by atoms with Gasteiger partial charge < -0.3 is 10.6 Å². The maximum absolute atomic E-state index is 4.50. The van der Waals surface area contributed by atoms with E-state index in [0.717, 1.165) is 0 Å². The van der Waals surface area contributed by atoms with Crippen molar-refractivity contribution in [3.63, 3.8) is 0 Å². The van der Waals surface area contributed by atoms with Crippen molar-refractivity contribution in [3.8, 4) is 0 Å². The first-order valence-electron chi connectivity index (χ1n) is 7.86. The number of nitrogens with zero attached hydrogens (tertiary/aromatic N) is 1. The molecule has 2 N–H and O–H groups in total. The highest BCUT2D eigenvalue weighted by molar-refractivity contribution is 5.68. The van der Waals surface area contributed by atoms with Crippen molar-refractivity contribution < 1.29 is 0 Å². The van der Waals surface area contributed by atoms with Gasteiger partial charge in [-0.05, 0) is 50.1 Å². The maximum atomic E-state index is 4.50. The van der Waals surface area contributed by atoms with Gasteiger partial charge in [-0.3, -0.25) is 0 Å². The van der Waals surface area contributed by atoms with Crippen molar-refractivity contribution in [2.75, 3.05) is 26.7 Å². The molecule has 0 saturated heterocycles. The van der Waals surface area contributed by atoms with Crippen LogP contribution in [0.4, 0.5) is 0 Å². The van der Waals surface area contributed by atoms with Crippen LogP contribution in [0.15, 0.2) is 30.3 Å². The molecule has 1 aliphatic heterocycles.